The normalized spacial score (nSPS) is 28.4. The molecular formula is C14H28N2O. The molecule has 2 fully saturated rings. The zero-order valence-electron chi connectivity index (χ0n) is 11.3. The molecule has 0 aromatic carbocycles. The van der Waals surface area contributed by atoms with Gasteiger partial charge in [-0.15, -0.1) is 0 Å². The van der Waals surface area contributed by atoms with Crippen molar-refractivity contribution in [3.63, 3.8) is 0 Å². The van der Waals surface area contributed by atoms with Gasteiger partial charge in [0.2, 0.25) is 0 Å². The van der Waals surface area contributed by atoms with Crippen molar-refractivity contribution in [2.45, 2.75) is 57.5 Å². The Bertz CT molecular complexity index is 204. The van der Waals surface area contributed by atoms with Crippen molar-refractivity contribution in [2.75, 3.05) is 32.8 Å². The average Bonchev–Trinajstić information content (AvgIpc) is 2.40. The van der Waals surface area contributed by atoms with E-state index in [2.05, 4.69) is 17.1 Å². The maximum atomic E-state index is 5.54. The Labute approximate surface area is 106 Å². The third-order valence-electron chi connectivity index (χ3n) is 4.26. The molecule has 100 valence electrons. The SMILES string of the molecule is CCC1COCCN1CCNC1CCCCC1. The van der Waals surface area contributed by atoms with Crippen LogP contribution in [0, 0.1) is 0 Å². The molecule has 0 radical (unpaired) electrons. The van der Waals surface area contributed by atoms with Crippen LogP contribution in [0.2, 0.25) is 0 Å². The third-order valence-corrected chi connectivity index (χ3v) is 4.26. The molecule has 3 nitrogen and oxygen atoms in total. The van der Waals surface area contributed by atoms with Gasteiger partial charge in [-0.05, 0) is 19.3 Å². The van der Waals surface area contributed by atoms with Gasteiger partial charge in [0.05, 0.1) is 13.2 Å². The van der Waals surface area contributed by atoms with Crippen LogP contribution in [0.15, 0.2) is 0 Å². The molecule has 17 heavy (non-hydrogen) atoms. The maximum absolute atomic E-state index is 5.54. The minimum atomic E-state index is 0.650. The Balaban J connectivity index is 1.62. The quantitative estimate of drug-likeness (QED) is 0.795. The molecule has 0 aromatic rings. The van der Waals surface area contributed by atoms with Gasteiger partial charge in [0.1, 0.15) is 0 Å². The number of hydrogen-bond donors (Lipinski definition) is 1. The van der Waals surface area contributed by atoms with Gasteiger partial charge in [0, 0.05) is 31.7 Å². The first-order valence-corrected chi connectivity index (χ1v) is 7.45. The van der Waals surface area contributed by atoms with E-state index in [1.54, 1.807) is 0 Å². The molecule has 0 spiro atoms. The maximum Gasteiger partial charge on any atom is 0.0622 e. The van der Waals surface area contributed by atoms with E-state index >= 15 is 0 Å². The van der Waals surface area contributed by atoms with Crippen LogP contribution in [0.25, 0.3) is 0 Å². The number of ether oxygens (including phenoxy) is 1. The van der Waals surface area contributed by atoms with Crippen molar-refractivity contribution >= 4 is 0 Å². The van der Waals surface area contributed by atoms with E-state index in [0.717, 1.165) is 32.3 Å². The van der Waals surface area contributed by atoms with Crippen molar-refractivity contribution in [1.29, 1.82) is 0 Å². The van der Waals surface area contributed by atoms with Gasteiger partial charge in [0.15, 0.2) is 0 Å². The molecule has 2 rings (SSSR count). The summed E-state index contributed by atoms with van der Waals surface area (Å²) in [5.41, 5.74) is 0. The summed E-state index contributed by atoms with van der Waals surface area (Å²) in [5.74, 6) is 0. The fourth-order valence-electron chi connectivity index (χ4n) is 3.08. The highest BCUT2D eigenvalue weighted by molar-refractivity contribution is 4.77. The van der Waals surface area contributed by atoms with Gasteiger partial charge >= 0.3 is 0 Å². The highest BCUT2D eigenvalue weighted by Gasteiger charge is 2.21. The van der Waals surface area contributed by atoms with Crippen LogP contribution in [-0.4, -0.2) is 49.8 Å². The van der Waals surface area contributed by atoms with E-state index in [4.69, 9.17) is 4.74 Å². The van der Waals surface area contributed by atoms with Gasteiger partial charge < -0.3 is 10.1 Å². The monoisotopic (exact) mass is 240 g/mol. The Morgan fingerprint density at radius 3 is 2.82 bits per heavy atom. The molecule has 0 aromatic heterocycles. The second-order valence-electron chi connectivity index (χ2n) is 5.46. The molecule has 1 atom stereocenters. The van der Waals surface area contributed by atoms with Crippen LogP contribution in [0.4, 0.5) is 0 Å². The minimum absolute atomic E-state index is 0.650. The molecule has 1 saturated carbocycles. The van der Waals surface area contributed by atoms with Crippen molar-refractivity contribution in [3.8, 4) is 0 Å². The van der Waals surface area contributed by atoms with Crippen LogP contribution in [0.1, 0.15) is 45.4 Å². The lowest BCUT2D eigenvalue weighted by Gasteiger charge is -2.35. The van der Waals surface area contributed by atoms with E-state index < -0.39 is 0 Å². The fourth-order valence-corrected chi connectivity index (χ4v) is 3.08. The van der Waals surface area contributed by atoms with E-state index in [1.165, 1.54) is 45.1 Å². The van der Waals surface area contributed by atoms with Crippen LogP contribution in [-0.2, 0) is 4.74 Å². The Hall–Kier alpha value is -0.120. The standard InChI is InChI=1S/C14H28N2O/c1-2-14-12-17-11-10-16(14)9-8-15-13-6-4-3-5-7-13/h13-15H,2-12H2,1H3. The third kappa shape index (κ3) is 4.23. The minimum Gasteiger partial charge on any atom is -0.378 e. The first-order chi connectivity index (χ1) is 8.40. The lowest BCUT2D eigenvalue weighted by atomic mass is 9.95. The number of nitrogens with zero attached hydrogens (tertiary/aromatic N) is 1. The zero-order valence-corrected chi connectivity index (χ0v) is 11.3. The smallest absolute Gasteiger partial charge is 0.0622 e. The van der Waals surface area contributed by atoms with Gasteiger partial charge in [-0.25, -0.2) is 0 Å². The van der Waals surface area contributed by atoms with E-state index in [0.29, 0.717) is 6.04 Å². The fraction of sp³-hybridized carbons (Fsp3) is 1.00. The van der Waals surface area contributed by atoms with Crippen molar-refractivity contribution in [2.24, 2.45) is 0 Å². The zero-order chi connectivity index (χ0) is 11.9. The summed E-state index contributed by atoms with van der Waals surface area (Å²) in [5, 5.41) is 3.73. The second kappa shape index (κ2) is 7.34. The number of rotatable bonds is 5. The molecule has 2 aliphatic rings. The molecule has 1 saturated heterocycles. The molecular weight excluding hydrogens is 212 g/mol. The topological polar surface area (TPSA) is 24.5 Å². The number of nitrogens with one attached hydrogen (secondary N) is 1. The predicted molar refractivity (Wildman–Crippen MR) is 71.3 cm³/mol. The van der Waals surface area contributed by atoms with E-state index in [1.807, 2.05) is 0 Å². The summed E-state index contributed by atoms with van der Waals surface area (Å²) >= 11 is 0. The first kappa shape index (κ1) is 13.3. The van der Waals surface area contributed by atoms with Crippen LogP contribution >= 0.6 is 0 Å². The number of hydrogen-bond acceptors (Lipinski definition) is 3. The summed E-state index contributed by atoms with van der Waals surface area (Å²) in [6.07, 6.45) is 8.28. The first-order valence-electron chi connectivity index (χ1n) is 7.45. The van der Waals surface area contributed by atoms with Crippen LogP contribution in [0.5, 0.6) is 0 Å². The molecule has 1 aliphatic heterocycles. The average molecular weight is 240 g/mol. The summed E-state index contributed by atoms with van der Waals surface area (Å²) in [6, 6.07) is 1.45. The summed E-state index contributed by atoms with van der Waals surface area (Å²) in [4.78, 5) is 2.60. The lowest BCUT2D eigenvalue weighted by Crippen LogP contribution is -2.48. The van der Waals surface area contributed by atoms with Gasteiger partial charge in [0.25, 0.3) is 0 Å². The molecule has 1 heterocycles. The highest BCUT2D eigenvalue weighted by Crippen LogP contribution is 2.17. The van der Waals surface area contributed by atoms with Gasteiger partial charge in [-0.2, -0.15) is 0 Å². The van der Waals surface area contributed by atoms with Crippen LogP contribution < -0.4 is 5.32 Å². The Morgan fingerprint density at radius 2 is 2.06 bits per heavy atom. The number of morpholine rings is 1. The van der Waals surface area contributed by atoms with Crippen molar-refractivity contribution in [3.05, 3.63) is 0 Å². The van der Waals surface area contributed by atoms with E-state index in [-0.39, 0.29) is 0 Å². The van der Waals surface area contributed by atoms with Crippen molar-refractivity contribution < 1.29 is 4.74 Å². The van der Waals surface area contributed by atoms with Crippen LogP contribution in [0.3, 0.4) is 0 Å². The molecule has 0 amide bonds. The Kier molecular flexibility index (Phi) is 5.75. The molecule has 1 unspecified atom stereocenters. The second-order valence-corrected chi connectivity index (χ2v) is 5.46. The largest absolute Gasteiger partial charge is 0.378 e. The van der Waals surface area contributed by atoms with Gasteiger partial charge in [-0.1, -0.05) is 26.2 Å². The summed E-state index contributed by atoms with van der Waals surface area (Å²) in [6.45, 7) is 7.57. The highest BCUT2D eigenvalue weighted by atomic mass is 16.5. The van der Waals surface area contributed by atoms with E-state index in [9.17, 15) is 0 Å². The van der Waals surface area contributed by atoms with Crippen molar-refractivity contribution in [1.82, 2.24) is 10.2 Å². The molecule has 0 bridgehead atoms. The summed E-state index contributed by atoms with van der Waals surface area (Å²) in [7, 11) is 0. The molecule has 1 aliphatic carbocycles. The Morgan fingerprint density at radius 1 is 1.24 bits per heavy atom. The predicted octanol–water partition coefficient (Wildman–Crippen LogP) is 2.02. The summed E-state index contributed by atoms with van der Waals surface area (Å²) < 4.78 is 5.54. The molecule has 1 N–H and O–H groups in total. The van der Waals surface area contributed by atoms with Gasteiger partial charge in [-0.3, -0.25) is 4.90 Å². The molecule has 3 heteroatoms. The lowest BCUT2D eigenvalue weighted by molar-refractivity contribution is -0.00820.